The lowest BCUT2D eigenvalue weighted by Gasteiger charge is -2.14. The van der Waals surface area contributed by atoms with Gasteiger partial charge in [-0.15, -0.1) is 5.10 Å². The van der Waals surface area contributed by atoms with E-state index in [0.717, 1.165) is 11.1 Å². The van der Waals surface area contributed by atoms with Crippen molar-refractivity contribution in [1.29, 1.82) is 0 Å². The number of nitrogens with zero attached hydrogens (tertiary/aromatic N) is 4. The summed E-state index contributed by atoms with van der Waals surface area (Å²) >= 11 is 5.97. The van der Waals surface area contributed by atoms with Crippen molar-refractivity contribution >= 4 is 17.5 Å². The predicted octanol–water partition coefficient (Wildman–Crippen LogP) is 4.40. The molecule has 0 unspecified atom stereocenters. The highest BCUT2D eigenvalue weighted by atomic mass is 35.5. The van der Waals surface area contributed by atoms with Crippen LogP contribution in [0, 0.1) is 5.82 Å². The van der Waals surface area contributed by atoms with Crippen LogP contribution in [0.2, 0.25) is 5.02 Å². The quantitative estimate of drug-likeness (QED) is 0.500. The van der Waals surface area contributed by atoms with Crippen LogP contribution in [0.1, 0.15) is 34.6 Å². The number of nitrogens with one attached hydrogen (secondary N) is 1. The summed E-state index contributed by atoms with van der Waals surface area (Å²) in [5, 5.41) is 11.9. The minimum atomic E-state index is -0.363. The molecule has 1 N–H and O–H groups in total. The van der Waals surface area contributed by atoms with Crippen LogP contribution in [0.4, 0.5) is 4.39 Å². The Morgan fingerprint density at radius 1 is 1.10 bits per heavy atom. The third kappa shape index (κ3) is 4.26. The molecule has 0 aliphatic carbocycles. The molecule has 2 aromatic carbocycles. The van der Waals surface area contributed by atoms with E-state index in [1.54, 1.807) is 33.5 Å². The Morgan fingerprint density at radius 2 is 1.77 bits per heavy atom. The molecule has 30 heavy (non-hydrogen) atoms. The second-order valence-electron chi connectivity index (χ2n) is 6.88. The second-order valence-corrected chi connectivity index (χ2v) is 7.32. The molecule has 152 valence electrons. The van der Waals surface area contributed by atoms with E-state index < -0.39 is 0 Å². The van der Waals surface area contributed by atoms with Gasteiger partial charge in [0.15, 0.2) is 11.5 Å². The van der Waals surface area contributed by atoms with Gasteiger partial charge in [0.1, 0.15) is 5.82 Å². The molecule has 0 spiro atoms. The average molecular weight is 424 g/mol. The van der Waals surface area contributed by atoms with Crippen molar-refractivity contribution < 1.29 is 9.18 Å². The van der Waals surface area contributed by atoms with Gasteiger partial charge < -0.3 is 9.88 Å². The predicted molar refractivity (Wildman–Crippen MR) is 112 cm³/mol. The van der Waals surface area contributed by atoms with Gasteiger partial charge in [0.25, 0.3) is 5.91 Å². The van der Waals surface area contributed by atoms with E-state index in [-0.39, 0.29) is 23.5 Å². The van der Waals surface area contributed by atoms with Crippen LogP contribution in [0.5, 0.6) is 0 Å². The summed E-state index contributed by atoms with van der Waals surface area (Å²) in [5.41, 5.74) is 1.97. The summed E-state index contributed by atoms with van der Waals surface area (Å²) in [7, 11) is 0. The number of aromatic nitrogens is 4. The fourth-order valence-electron chi connectivity index (χ4n) is 3.16. The Kier molecular flexibility index (Phi) is 5.63. The zero-order valence-corrected chi connectivity index (χ0v) is 16.9. The van der Waals surface area contributed by atoms with Gasteiger partial charge in [-0.3, -0.25) is 4.79 Å². The van der Waals surface area contributed by atoms with Crippen LogP contribution >= 0.6 is 11.6 Å². The van der Waals surface area contributed by atoms with Gasteiger partial charge in [-0.1, -0.05) is 41.1 Å². The van der Waals surface area contributed by atoms with Crippen LogP contribution in [-0.2, 0) is 6.54 Å². The molecule has 6 nitrogen and oxygen atoms in total. The molecule has 0 saturated carbocycles. The first-order valence-corrected chi connectivity index (χ1v) is 9.76. The first-order chi connectivity index (χ1) is 14.5. The first kappa shape index (κ1) is 19.8. The maximum atomic E-state index is 13.2. The molecule has 2 heterocycles. The molecule has 4 aromatic rings. The van der Waals surface area contributed by atoms with Gasteiger partial charge in [-0.05, 0) is 54.4 Å². The highest BCUT2D eigenvalue weighted by Crippen LogP contribution is 2.18. The van der Waals surface area contributed by atoms with Crippen molar-refractivity contribution in [2.75, 3.05) is 0 Å². The monoisotopic (exact) mass is 423 g/mol. The topological polar surface area (TPSA) is 64.7 Å². The molecule has 1 atom stereocenters. The van der Waals surface area contributed by atoms with Crippen LogP contribution in [0.15, 0.2) is 73.1 Å². The Labute approximate surface area is 177 Å². The molecule has 0 saturated heterocycles. The molecule has 0 aliphatic rings. The molecule has 0 bridgehead atoms. The van der Waals surface area contributed by atoms with Crippen molar-refractivity contribution in [1.82, 2.24) is 24.9 Å². The minimum Gasteiger partial charge on any atom is -0.344 e. The molecular formula is C22H19ClFN5O. The first-order valence-electron chi connectivity index (χ1n) is 9.39. The standard InChI is InChI=1S/C22H19ClFN5O/c1-15(17-6-10-19(24)11-7-17)25-21(30)20-22(28-12-2-3-13-28)29(27-26-20)14-16-4-8-18(23)9-5-16/h2-13,15H,14H2,1H3,(H,25,30)/t15-/m1/s1. The number of carbonyl (C=O) groups excluding carboxylic acids is 1. The number of rotatable bonds is 6. The highest BCUT2D eigenvalue weighted by molar-refractivity contribution is 6.30. The van der Waals surface area contributed by atoms with Crippen molar-refractivity contribution in [3.63, 3.8) is 0 Å². The third-order valence-corrected chi connectivity index (χ3v) is 4.99. The van der Waals surface area contributed by atoms with Crippen LogP contribution in [0.25, 0.3) is 5.82 Å². The van der Waals surface area contributed by atoms with Crippen LogP contribution < -0.4 is 5.32 Å². The molecule has 0 aliphatic heterocycles. The molecule has 4 rings (SSSR count). The molecule has 2 aromatic heterocycles. The number of hydrogen-bond donors (Lipinski definition) is 1. The lowest BCUT2D eigenvalue weighted by Crippen LogP contribution is -2.28. The van der Waals surface area contributed by atoms with Gasteiger partial charge >= 0.3 is 0 Å². The lowest BCUT2D eigenvalue weighted by atomic mass is 10.1. The number of amides is 1. The zero-order chi connectivity index (χ0) is 21.1. The van der Waals surface area contributed by atoms with Gasteiger partial charge in [-0.25, -0.2) is 9.07 Å². The van der Waals surface area contributed by atoms with Crippen LogP contribution in [0.3, 0.4) is 0 Å². The number of benzene rings is 2. The van der Waals surface area contributed by atoms with E-state index in [1.807, 2.05) is 43.6 Å². The lowest BCUT2D eigenvalue weighted by molar-refractivity contribution is 0.0934. The summed E-state index contributed by atoms with van der Waals surface area (Å²) in [4.78, 5) is 13.0. The van der Waals surface area contributed by atoms with E-state index in [4.69, 9.17) is 11.6 Å². The third-order valence-electron chi connectivity index (χ3n) is 4.74. The minimum absolute atomic E-state index is 0.203. The smallest absolute Gasteiger partial charge is 0.276 e. The van der Waals surface area contributed by atoms with Crippen molar-refractivity contribution in [2.24, 2.45) is 0 Å². The number of carbonyl (C=O) groups is 1. The van der Waals surface area contributed by atoms with Gasteiger partial charge in [-0.2, -0.15) is 0 Å². The van der Waals surface area contributed by atoms with Crippen LogP contribution in [-0.4, -0.2) is 25.5 Å². The Hall–Kier alpha value is -3.45. The highest BCUT2D eigenvalue weighted by Gasteiger charge is 2.23. The Morgan fingerprint density at radius 3 is 2.43 bits per heavy atom. The van der Waals surface area contributed by atoms with E-state index in [1.165, 1.54) is 12.1 Å². The zero-order valence-electron chi connectivity index (χ0n) is 16.2. The Balaban J connectivity index is 1.62. The van der Waals surface area contributed by atoms with E-state index in [2.05, 4.69) is 15.6 Å². The van der Waals surface area contributed by atoms with Crippen molar-refractivity contribution in [3.05, 3.63) is 101 Å². The van der Waals surface area contributed by atoms with E-state index in [9.17, 15) is 9.18 Å². The number of hydrogen-bond acceptors (Lipinski definition) is 3. The molecular weight excluding hydrogens is 405 g/mol. The molecule has 8 heteroatoms. The van der Waals surface area contributed by atoms with Gasteiger partial charge in [0.2, 0.25) is 0 Å². The number of halogens is 2. The fraction of sp³-hybridized carbons (Fsp3) is 0.136. The second kappa shape index (κ2) is 8.51. The van der Waals surface area contributed by atoms with Gasteiger partial charge in [0, 0.05) is 17.4 Å². The molecule has 0 radical (unpaired) electrons. The van der Waals surface area contributed by atoms with E-state index >= 15 is 0 Å². The van der Waals surface area contributed by atoms with Gasteiger partial charge in [0.05, 0.1) is 12.6 Å². The summed E-state index contributed by atoms with van der Waals surface area (Å²) in [6.45, 7) is 2.26. The normalized spacial score (nSPS) is 12.0. The summed E-state index contributed by atoms with van der Waals surface area (Å²) < 4.78 is 16.6. The summed E-state index contributed by atoms with van der Waals surface area (Å²) in [5.74, 6) is -0.131. The fourth-order valence-corrected chi connectivity index (χ4v) is 3.28. The Bertz CT molecular complexity index is 1140. The SMILES string of the molecule is C[C@@H](NC(=O)c1nnn(Cc2ccc(Cl)cc2)c1-n1cccc1)c1ccc(F)cc1. The largest absolute Gasteiger partial charge is 0.344 e. The molecule has 1 amide bonds. The van der Waals surface area contributed by atoms with Crippen molar-refractivity contribution in [3.8, 4) is 5.82 Å². The maximum Gasteiger partial charge on any atom is 0.276 e. The average Bonchev–Trinajstić information content (AvgIpc) is 3.40. The summed E-state index contributed by atoms with van der Waals surface area (Å²) in [6.07, 6.45) is 3.66. The van der Waals surface area contributed by atoms with Crippen molar-refractivity contribution in [2.45, 2.75) is 19.5 Å². The van der Waals surface area contributed by atoms with E-state index in [0.29, 0.717) is 17.4 Å². The summed E-state index contributed by atoms with van der Waals surface area (Å²) in [6, 6.07) is 16.8. The molecule has 0 fully saturated rings. The maximum absolute atomic E-state index is 13.2.